The smallest absolute Gasteiger partial charge is 0.129 e. The van der Waals surface area contributed by atoms with Gasteiger partial charge in [-0.05, 0) is 31.0 Å². The molecule has 1 unspecified atom stereocenters. The van der Waals surface area contributed by atoms with Gasteiger partial charge in [0.2, 0.25) is 0 Å². The van der Waals surface area contributed by atoms with Gasteiger partial charge in [-0.1, -0.05) is 23.8 Å². The number of rotatable bonds is 3. The molecule has 0 aliphatic rings. The fourth-order valence-corrected chi connectivity index (χ4v) is 2.23. The van der Waals surface area contributed by atoms with Crippen molar-refractivity contribution in [3.63, 3.8) is 0 Å². The monoisotopic (exact) mass is 284 g/mol. The molecule has 0 saturated heterocycles. The fourth-order valence-electron chi connectivity index (χ4n) is 1.89. The molecule has 2 aromatic carbocycles. The molecule has 19 heavy (non-hydrogen) atoms. The lowest BCUT2D eigenvalue weighted by atomic mass is 10.0. The minimum atomic E-state index is -0.695. The highest BCUT2D eigenvalue weighted by Crippen LogP contribution is 2.29. The van der Waals surface area contributed by atoms with Crippen LogP contribution in [0.5, 0.6) is 0 Å². The van der Waals surface area contributed by atoms with E-state index in [1.54, 1.807) is 12.1 Å². The molecule has 0 bridgehead atoms. The summed E-state index contributed by atoms with van der Waals surface area (Å²) in [6, 6.07) is 7.89. The first-order valence-electron chi connectivity index (χ1n) is 5.81. The highest BCUT2D eigenvalue weighted by Gasteiger charge is 2.16. The zero-order chi connectivity index (χ0) is 14.0. The van der Waals surface area contributed by atoms with Crippen LogP contribution in [0.25, 0.3) is 0 Å². The molecule has 0 spiro atoms. The van der Waals surface area contributed by atoms with Crippen LogP contribution in [0.1, 0.15) is 22.1 Å². The third-order valence-corrected chi connectivity index (χ3v) is 3.29. The van der Waals surface area contributed by atoms with Crippen LogP contribution in [0.2, 0.25) is 0 Å². The highest BCUT2D eigenvalue weighted by atomic mass is 35.5. The van der Waals surface area contributed by atoms with Crippen molar-refractivity contribution in [2.24, 2.45) is 0 Å². The van der Waals surface area contributed by atoms with E-state index in [1.165, 1.54) is 12.1 Å². The fraction of sp³-hybridized carbons (Fsp3) is 0.200. The van der Waals surface area contributed by atoms with Gasteiger partial charge in [0.25, 0.3) is 0 Å². The molecule has 1 atom stereocenters. The van der Waals surface area contributed by atoms with Crippen LogP contribution in [-0.4, -0.2) is 0 Å². The Morgan fingerprint density at radius 2 is 1.74 bits per heavy atom. The number of hydrogen-bond acceptors (Lipinski definition) is 0. The lowest BCUT2D eigenvalue weighted by molar-refractivity contribution is 0.567. The minimum Gasteiger partial charge on any atom is -0.207 e. The first kappa shape index (κ1) is 13.9. The van der Waals surface area contributed by atoms with Gasteiger partial charge in [-0.15, -0.1) is 11.6 Å². The van der Waals surface area contributed by atoms with Crippen molar-refractivity contribution in [1.29, 1.82) is 0 Å². The van der Waals surface area contributed by atoms with Crippen LogP contribution in [0.15, 0.2) is 36.4 Å². The van der Waals surface area contributed by atoms with Crippen LogP contribution in [0.4, 0.5) is 13.2 Å². The quantitative estimate of drug-likeness (QED) is 0.701. The zero-order valence-corrected chi connectivity index (χ0v) is 11.0. The standard InChI is InChI=1S/C15H12ClF3/c1-9-2-5-14(18)12(6-9)13(16)7-10-3-4-11(17)8-15(10)19/h2-6,8,13H,7H2,1H3. The summed E-state index contributed by atoms with van der Waals surface area (Å²) in [6.45, 7) is 1.82. The predicted molar refractivity (Wildman–Crippen MR) is 69.8 cm³/mol. The van der Waals surface area contributed by atoms with Crippen LogP contribution in [0, 0.1) is 24.4 Å². The van der Waals surface area contributed by atoms with Crippen LogP contribution in [-0.2, 0) is 6.42 Å². The van der Waals surface area contributed by atoms with Crippen molar-refractivity contribution >= 4 is 11.6 Å². The summed E-state index contributed by atoms with van der Waals surface area (Å²) in [4.78, 5) is 0. The maximum absolute atomic E-state index is 13.6. The Kier molecular flexibility index (Phi) is 4.15. The Balaban J connectivity index is 2.25. The highest BCUT2D eigenvalue weighted by molar-refractivity contribution is 6.21. The van der Waals surface area contributed by atoms with E-state index in [-0.39, 0.29) is 12.0 Å². The molecule has 2 aromatic rings. The molecule has 0 heterocycles. The summed E-state index contributed by atoms with van der Waals surface area (Å²) in [7, 11) is 0. The van der Waals surface area contributed by atoms with Gasteiger partial charge in [0.05, 0.1) is 5.38 Å². The molecule has 0 amide bonds. The SMILES string of the molecule is Cc1ccc(F)c(C(Cl)Cc2ccc(F)cc2F)c1. The third-order valence-electron chi connectivity index (χ3n) is 2.90. The zero-order valence-electron chi connectivity index (χ0n) is 10.3. The summed E-state index contributed by atoms with van der Waals surface area (Å²) in [5.74, 6) is -1.74. The first-order chi connectivity index (χ1) is 8.97. The first-order valence-corrected chi connectivity index (χ1v) is 6.25. The molecule has 0 fully saturated rings. The Bertz CT molecular complexity index is 596. The molecular formula is C15H12ClF3. The molecule has 0 N–H and O–H groups in total. The molecule has 0 saturated carbocycles. The maximum atomic E-state index is 13.6. The lowest BCUT2D eigenvalue weighted by Gasteiger charge is -2.12. The summed E-state index contributed by atoms with van der Waals surface area (Å²) in [5.41, 5.74) is 1.47. The van der Waals surface area contributed by atoms with E-state index in [9.17, 15) is 13.2 Å². The van der Waals surface area contributed by atoms with E-state index in [2.05, 4.69) is 0 Å². The van der Waals surface area contributed by atoms with Crippen molar-refractivity contribution < 1.29 is 13.2 Å². The molecule has 0 nitrogen and oxygen atoms in total. The van der Waals surface area contributed by atoms with Crippen molar-refractivity contribution in [2.45, 2.75) is 18.7 Å². The van der Waals surface area contributed by atoms with Gasteiger partial charge in [0.15, 0.2) is 0 Å². The molecule has 100 valence electrons. The second kappa shape index (κ2) is 5.66. The van der Waals surface area contributed by atoms with Crippen LogP contribution in [0.3, 0.4) is 0 Å². The van der Waals surface area contributed by atoms with E-state index < -0.39 is 22.8 Å². The van der Waals surface area contributed by atoms with Crippen molar-refractivity contribution in [2.75, 3.05) is 0 Å². The van der Waals surface area contributed by atoms with Gasteiger partial charge in [-0.2, -0.15) is 0 Å². The predicted octanol–water partition coefficient (Wildman–Crippen LogP) is 4.93. The molecule has 0 radical (unpaired) electrons. The van der Waals surface area contributed by atoms with E-state index in [0.29, 0.717) is 5.56 Å². The summed E-state index contributed by atoms with van der Waals surface area (Å²) in [6.07, 6.45) is 0.105. The second-order valence-corrected chi connectivity index (χ2v) is 4.96. The number of benzene rings is 2. The normalized spacial score (nSPS) is 12.5. The van der Waals surface area contributed by atoms with E-state index in [1.807, 2.05) is 6.92 Å². The summed E-state index contributed by atoms with van der Waals surface area (Å²) >= 11 is 6.13. The second-order valence-electron chi connectivity index (χ2n) is 4.43. The Hall–Kier alpha value is -1.48. The molecule has 0 aliphatic heterocycles. The number of halogens is 4. The number of hydrogen-bond donors (Lipinski definition) is 0. The molecule has 4 heteroatoms. The van der Waals surface area contributed by atoms with Gasteiger partial charge < -0.3 is 0 Å². The van der Waals surface area contributed by atoms with Crippen molar-refractivity contribution in [3.05, 3.63) is 70.5 Å². The van der Waals surface area contributed by atoms with Crippen molar-refractivity contribution in [3.8, 4) is 0 Å². The largest absolute Gasteiger partial charge is 0.207 e. The van der Waals surface area contributed by atoms with E-state index in [4.69, 9.17) is 11.6 Å². The molecule has 0 aliphatic carbocycles. The summed E-state index contributed by atoms with van der Waals surface area (Å²) < 4.78 is 40.0. The van der Waals surface area contributed by atoms with Gasteiger partial charge in [-0.3, -0.25) is 0 Å². The van der Waals surface area contributed by atoms with Crippen LogP contribution < -0.4 is 0 Å². The molecular weight excluding hydrogens is 273 g/mol. The Labute approximate surface area is 114 Å². The van der Waals surface area contributed by atoms with Gasteiger partial charge >= 0.3 is 0 Å². The lowest BCUT2D eigenvalue weighted by Crippen LogP contribution is -2.02. The van der Waals surface area contributed by atoms with Crippen molar-refractivity contribution in [1.82, 2.24) is 0 Å². The van der Waals surface area contributed by atoms with Gasteiger partial charge in [0.1, 0.15) is 17.5 Å². The third kappa shape index (κ3) is 3.29. The average molecular weight is 285 g/mol. The summed E-state index contributed by atoms with van der Waals surface area (Å²) in [5, 5.41) is -0.695. The van der Waals surface area contributed by atoms with Gasteiger partial charge in [-0.25, -0.2) is 13.2 Å². The molecule has 0 aromatic heterocycles. The Morgan fingerprint density at radius 3 is 2.42 bits per heavy atom. The number of alkyl halides is 1. The van der Waals surface area contributed by atoms with E-state index >= 15 is 0 Å². The van der Waals surface area contributed by atoms with Crippen LogP contribution >= 0.6 is 11.6 Å². The minimum absolute atomic E-state index is 0.105. The van der Waals surface area contributed by atoms with Gasteiger partial charge in [0, 0.05) is 11.6 Å². The molecule has 2 rings (SSSR count). The maximum Gasteiger partial charge on any atom is 0.129 e. The Morgan fingerprint density at radius 1 is 1.00 bits per heavy atom. The average Bonchev–Trinajstić information content (AvgIpc) is 2.35. The number of aryl methyl sites for hydroxylation is 1. The topological polar surface area (TPSA) is 0 Å². The van der Waals surface area contributed by atoms with E-state index in [0.717, 1.165) is 17.7 Å².